The first-order valence-corrected chi connectivity index (χ1v) is 5.73. The van der Waals surface area contributed by atoms with Gasteiger partial charge < -0.3 is 10.4 Å². The number of halogens is 1. The third kappa shape index (κ3) is 1.99. The van der Waals surface area contributed by atoms with Gasteiger partial charge in [-0.25, -0.2) is 4.39 Å². The molecule has 0 radical (unpaired) electrons. The van der Waals surface area contributed by atoms with Gasteiger partial charge in [0, 0.05) is 0 Å². The van der Waals surface area contributed by atoms with Gasteiger partial charge in [-0.05, 0) is 32.9 Å². The second-order valence-corrected chi connectivity index (χ2v) is 5.30. The van der Waals surface area contributed by atoms with E-state index in [0.29, 0.717) is 0 Å². The summed E-state index contributed by atoms with van der Waals surface area (Å²) >= 11 is 0. The predicted molar refractivity (Wildman–Crippen MR) is 67.2 cm³/mol. The highest BCUT2D eigenvalue weighted by Crippen LogP contribution is 2.22. The summed E-state index contributed by atoms with van der Waals surface area (Å²) in [5.41, 5.74) is -1.63. The number of ketones is 1. The molecule has 0 aromatic heterocycles. The molecule has 0 unspecified atom stereocenters. The number of carbonyl (C=O) groups excluding carboxylic acids is 1. The molecule has 1 aliphatic heterocycles. The summed E-state index contributed by atoms with van der Waals surface area (Å²) in [6.45, 7) is 4.93. The Morgan fingerprint density at radius 3 is 2.16 bits per heavy atom. The van der Waals surface area contributed by atoms with Crippen LogP contribution in [0.15, 0.2) is 24.3 Å². The second-order valence-electron chi connectivity index (χ2n) is 5.30. The van der Waals surface area contributed by atoms with E-state index in [1.807, 2.05) is 0 Å². The third-order valence-corrected chi connectivity index (χ3v) is 2.82. The summed E-state index contributed by atoms with van der Waals surface area (Å²) in [6, 6.07) is 5.37. The Labute approximate surface area is 109 Å². The van der Waals surface area contributed by atoms with Crippen LogP contribution in [0.4, 0.5) is 4.39 Å². The van der Waals surface area contributed by atoms with E-state index in [9.17, 15) is 19.6 Å². The standard InChI is InChI=1S/C13H13FN2O3/c1-13(2,3)12-11(17)10(15(18)16(12)19)8-6-4-5-7-9(8)14/h4-7H,1-3H3. The molecule has 0 fully saturated rings. The summed E-state index contributed by atoms with van der Waals surface area (Å²) in [5, 5.41) is 23.6. The van der Waals surface area contributed by atoms with E-state index in [4.69, 9.17) is 0 Å². The number of hydrogen-bond donors (Lipinski definition) is 0. The Morgan fingerprint density at radius 1 is 1.11 bits per heavy atom. The fourth-order valence-corrected chi connectivity index (χ4v) is 1.97. The molecule has 0 amide bonds. The van der Waals surface area contributed by atoms with Crippen LogP contribution >= 0.6 is 0 Å². The molecule has 0 atom stereocenters. The average molecular weight is 264 g/mol. The van der Waals surface area contributed by atoms with E-state index in [1.165, 1.54) is 18.2 Å². The van der Waals surface area contributed by atoms with E-state index in [1.54, 1.807) is 20.8 Å². The van der Waals surface area contributed by atoms with Gasteiger partial charge >= 0.3 is 17.2 Å². The normalized spacial score (nSPS) is 16.5. The maximum atomic E-state index is 13.7. The van der Waals surface area contributed by atoms with Crippen LogP contribution in [0.1, 0.15) is 26.3 Å². The van der Waals surface area contributed by atoms with Gasteiger partial charge in [0.15, 0.2) is 0 Å². The van der Waals surface area contributed by atoms with E-state index < -0.39 is 22.7 Å². The molecule has 5 nitrogen and oxygen atoms in total. The van der Waals surface area contributed by atoms with Crippen LogP contribution < -0.4 is 0 Å². The number of hydrogen-bond acceptors (Lipinski definition) is 3. The molecule has 0 spiro atoms. The van der Waals surface area contributed by atoms with E-state index >= 15 is 0 Å². The molecule has 0 N–H and O–H groups in total. The van der Waals surface area contributed by atoms with Gasteiger partial charge in [0.05, 0.1) is 20.7 Å². The molecule has 1 aliphatic rings. The minimum absolute atomic E-state index is 0.00981. The highest BCUT2D eigenvalue weighted by molar-refractivity contribution is 6.68. The van der Waals surface area contributed by atoms with Gasteiger partial charge in [-0.1, -0.05) is 12.1 Å². The smallest absolute Gasteiger partial charge is 0.351 e. The van der Waals surface area contributed by atoms with Crippen molar-refractivity contribution in [3.63, 3.8) is 0 Å². The molecular formula is C13H13FN2O3. The monoisotopic (exact) mass is 264 g/mol. The number of hydrazine groups is 1. The van der Waals surface area contributed by atoms with Crippen molar-refractivity contribution in [2.75, 3.05) is 0 Å². The van der Waals surface area contributed by atoms with Crippen LogP contribution in [0.2, 0.25) is 0 Å². The van der Waals surface area contributed by atoms with Gasteiger partial charge in [-0.3, -0.25) is 4.79 Å². The quantitative estimate of drug-likeness (QED) is 0.571. The Hall–Kier alpha value is -2.24. The molecule has 2 rings (SSSR count). The number of benzene rings is 1. The fourth-order valence-electron chi connectivity index (χ4n) is 1.97. The van der Waals surface area contributed by atoms with Crippen molar-refractivity contribution in [1.29, 1.82) is 0 Å². The van der Waals surface area contributed by atoms with Crippen molar-refractivity contribution < 1.29 is 18.9 Å². The lowest BCUT2D eigenvalue weighted by Gasteiger charge is -2.11. The van der Waals surface area contributed by atoms with Crippen LogP contribution in [0, 0.1) is 21.6 Å². The summed E-state index contributed by atoms with van der Waals surface area (Å²) in [7, 11) is 0. The number of nitrogens with zero attached hydrogens (tertiary/aromatic N) is 2. The molecule has 0 saturated heterocycles. The van der Waals surface area contributed by atoms with Gasteiger partial charge in [-0.2, -0.15) is 0 Å². The van der Waals surface area contributed by atoms with Crippen LogP contribution in [0.5, 0.6) is 0 Å². The lowest BCUT2D eigenvalue weighted by atomic mass is 9.85. The zero-order valence-electron chi connectivity index (χ0n) is 10.8. The van der Waals surface area contributed by atoms with Crippen LogP contribution in [-0.4, -0.2) is 26.9 Å². The minimum Gasteiger partial charge on any atom is -0.561 e. The molecule has 6 heteroatoms. The first kappa shape index (κ1) is 13.2. The van der Waals surface area contributed by atoms with Gasteiger partial charge in [0.2, 0.25) is 0 Å². The van der Waals surface area contributed by atoms with Crippen molar-refractivity contribution in [1.82, 2.24) is 0 Å². The van der Waals surface area contributed by atoms with Crippen molar-refractivity contribution in [3.05, 3.63) is 46.1 Å². The summed E-state index contributed by atoms with van der Waals surface area (Å²) in [5.74, 6) is -1.45. The molecular weight excluding hydrogens is 251 g/mol. The number of rotatable bonds is 1. The van der Waals surface area contributed by atoms with Gasteiger partial charge in [-0.15, -0.1) is 0 Å². The van der Waals surface area contributed by atoms with E-state index in [0.717, 1.165) is 6.07 Å². The zero-order chi connectivity index (χ0) is 14.4. The lowest BCUT2D eigenvalue weighted by Crippen LogP contribution is -2.34. The maximum absolute atomic E-state index is 13.7. The first-order valence-electron chi connectivity index (χ1n) is 5.73. The predicted octanol–water partition coefficient (Wildman–Crippen LogP) is 1.62. The molecule has 0 aliphatic carbocycles. The Bertz CT molecular complexity index is 627. The molecule has 19 heavy (non-hydrogen) atoms. The maximum Gasteiger partial charge on any atom is 0.351 e. The molecule has 100 valence electrons. The van der Waals surface area contributed by atoms with Gasteiger partial charge in [0.25, 0.3) is 0 Å². The lowest BCUT2D eigenvalue weighted by molar-refractivity contribution is -1.05. The number of Topliss-reactive ketones (excluding diaryl/α,β-unsaturated/α-hetero) is 1. The van der Waals surface area contributed by atoms with Crippen LogP contribution in [-0.2, 0) is 4.79 Å². The van der Waals surface area contributed by atoms with Crippen molar-refractivity contribution in [3.8, 4) is 0 Å². The summed E-state index contributed by atoms with van der Waals surface area (Å²) in [6.07, 6.45) is 0. The molecule has 1 aromatic rings. The Kier molecular flexibility index (Phi) is 2.88. The number of hydrazone groups is 2. The van der Waals surface area contributed by atoms with Gasteiger partial charge in [0.1, 0.15) is 5.82 Å². The molecule has 1 heterocycles. The SMILES string of the molecule is CC(C)(C)C1=[N+]([O-])[N+]([O-])=C(c2ccccc2F)C1=O. The third-order valence-electron chi connectivity index (χ3n) is 2.82. The largest absolute Gasteiger partial charge is 0.561 e. The number of carbonyl (C=O) groups is 1. The Balaban J connectivity index is 2.60. The summed E-state index contributed by atoms with van der Waals surface area (Å²) < 4.78 is 13.7. The second kappa shape index (κ2) is 4.15. The van der Waals surface area contributed by atoms with E-state index in [-0.39, 0.29) is 21.0 Å². The first-order chi connectivity index (χ1) is 8.75. The fraction of sp³-hybridized carbons (Fsp3) is 0.308. The van der Waals surface area contributed by atoms with Crippen LogP contribution in [0.3, 0.4) is 0 Å². The van der Waals surface area contributed by atoms with Crippen LogP contribution in [0.25, 0.3) is 0 Å². The van der Waals surface area contributed by atoms with Crippen molar-refractivity contribution in [2.45, 2.75) is 20.8 Å². The topological polar surface area (TPSA) is 69.2 Å². The summed E-state index contributed by atoms with van der Waals surface area (Å²) in [4.78, 5) is 12.1. The van der Waals surface area contributed by atoms with Crippen molar-refractivity contribution >= 4 is 17.2 Å². The highest BCUT2D eigenvalue weighted by atomic mass is 19.1. The van der Waals surface area contributed by atoms with E-state index in [2.05, 4.69) is 0 Å². The molecule has 0 saturated carbocycles. The highest BCUT2D eigenvalue weighted by Gasteiger charge is 2.51. The minimum atomic E-state index is -0.797. The Morgan fingerprint density at radius 2 is 1.68 bits per heavy atom. The van der Waals surface area contributed by atoms with Crippen molar-refractivity contribution in [2.24, 2.45) is 5.41 Å². The average Bonchev–Trinajstić information content (AvgIpc) is 2.51. The zero-order valence-corrected chi connectivity index (χ0v) is 10.8. The molecule has 1 aromatic carbocycles. The molecule has 0 bridgehead atoms.